The Balaban J connectivity index is 1.69. The van der Waals surface area contributed by atoms with Gasteiger partial charge in [0.2, 0.25) is 0 Å². The van der Waals surface area contributed by atoms with Crippen molar-refractivity contribution in [1.29, 1.82) is 0 Å². The number of nitrogens with one attached hydrogen (secondary N) is 1. The van der Waals surface area contributed by atoms with Crippen molar-refractivity contribution in [2.75, 3.05) is 5.32 Å². The van der Waals surface area contributed by atoms with Gasteiger partial charge in [-0.2, -0.15) is 18.3 Å². The lowest BCUT2D eigenvalue weighted by molar-refractivity contribution is -0.141. The number of carbonyl (C=O) groups is 1. The molecular weight excluding hydrogens is 429 g/mol. The number of aromatic nitrogens is 2. The Morgan fingerprint density at radius 1 is 0.848 bits per heavy atom. The summed E-state index contributed by atoms with van der Waals surface area (Å²) in [7, 11) is 0. The summed E-state index contributed by atoms with van der Waals surface area (Å²) in [5.74, 6) is 0. The van der Waals surface area contributed by atoms with E-state index in [-0.39, 0.29) is 0 Å². The Morgan fingerprint density at radius 2 is 1.52 bits per heavy atom. The molecule has 2 amide bonds. The van der Waals surface area contributed by atoms with Gasteiger partial charge in [0.15, 0.2) is 5.69 Å². The summed E-state index contributed by atoms with van der Waals surface area (Å²) < 4.78 is 41.9. The number of halogens is 3. The van der Waals surface area contributed by atoms with Crippen LogP contribution >= 0.6 is 0 Å². The lowest BCUT2D eigenvalue weighted by atomic mass is 9.99. The molecule has 3 N–H and O–H groups in total. The molecule has 0 spiro atoms. The lowest BCUT2D eigenvalue weighted by Gasteiger charge is -2.11. The zero-order chi connectivity index (χ0) is 23.2. The highest BCUT2D eigenvalue weighted by atomic mass is 19.4. The van der Waals surface area contributed by atoms with Crippen molar-refractivity contribution in [2.24, 2.45) is 5.73 Å². The molecule has 0 atom stereocenters. The molecule has 0 saturated carbocycles. The average molecular weight is 446 g/mol. The zero-order valence-electron chi connectivity index (χ0n) is 17.1. The fourth-order valence-corrected chi connectivity index (χ4v) is 3.91. The largest absolute Gasteiger partial charge is 0.435 e. The van der Waals surface area contributed by atoms with Crippen LogP contribution in [-0.4, -0.2) is 15.8 Å². The quantitative estimate of drug-likeness (QED) is 0.317. The van der Waals surface area contributed by atoms with E-state index in [1.165, 1.54) is 4.68 Å². The Morgan fingerprint density at radius 3 is 2.21 bits per heavy atom. The Kier molecular flexibility index (Phi) is 4.78. The Bertz CT molecular complexity index is 1500. The van der Waals surface area contributed by atoms with E-state index in [1.807, 2.05) is 48.5 Å². The fraction of sp³-hybridized carbons (Fsp3) is 0.0400. The number of amides is 2. The number of urea groups is 1. The average Bonchev–Trinajstić information content (AvgIpc) is 3.25. The molecule has 5 nitrogen and oxygen atoms in total. The maximum Gasteiger partial charge on any atom is 0.435 e. The lowest BCUT2D eigenvalue weighted by Crippen LogP contribution is -2.19. The van der Waals surface area contributed by atoms with E-state index in [2.05, 4.69) is 10.4 Å². The summed E-state index contributed by atoms with van der Waals surface area (Å²) in [5, 5.41) is 10.3. The minimum atomic E-state index is -4.60. The second kappa shape index (κ2) is 7.67. The molecule has 1 heterocycles. The molecule has 0 aliphatic carbocycles. The molecule has 164 valence electrons. The first-order chi connectivity index (χ1) is 15.8. The fourth-order valence-electron chi connectivity index (χ4n) is 3.91. The van der Waals surface area contributed by atoms with Gasteiger partial charge in [-0.05, 0) is 57.9 Å². The van der Waals surface area contributed by atoms with E-state index >= 15 is 0 Å². The Labute approximate surface area is 186 Å². The molecule has 0 saturated heterocycles. The molecule has 0 aliphatic rings. The van der Waals surface area contributed by atoms with Gasteiger partial charge in [0.25, 0.3) is 0 Å². The maximum absolute atomic E-state index is 13.5. The van der Waals surface area contributed by atoms with E-state index in [0.29, 0.717) is 22.6 Å². The smallest absolute Gasteiger partial charge is 0.351 e. The highest BCUT2D eigenvalue weighted by Crippen LogP contribution is 2.35. The molecular formula is C25H17F3N4O. The number of hydrogen-bond donors (Lipinski definition) is 2. The van der Waals surface area contributed by atoms with Crippen molar-refractivity contribution in [1.82, 2.24) is 9.78 Å². The second-order valence-corrected chi connectivity index (χ2v) is 7.58. The molecule has 4 aromatic carbocycles. The normalized spacial score (nSPS) is 11.7. The number of anilines is 1. The van der Waals surface area contributed by atoms with Crippen LogP contribution in [0.25, 0.3) is 38.5 Å². The summed E-state index contributed by atoms with van der Waals surface area (Å²) in [6, 6.07) is 24.0. The first kappa shape index (κ1) is 20.6. The number of nitrogens with two attached hydrogens (primary N) is 1. The van der Waals surface area contributed by atoms with Crippen LogP contribution in [0.3, 0.4) is 0 Å². The number of nitrogens with zero attached hydrogens (tertiary/aromatic N) is 2. The van der Waals surface area contributed by atoms with Gasteiger partial charge in [0, 0.05) is 11.3 Å². The third kappa shape index (κ3) is 3.87. The van der Waals surface area contributed by atoms with Crippen LogP contribution in [0.15, 0.2) is 84.9 Å². The van der Waals surface area contributed by atoms with Crippen molar-refractivity contribution >= 4 is 33.3 Å². The van der Waals surface area contributed by atoms with Crippen molar-refractivity contribution in [3.05, 3.63) is 90.6 Å². The van der Waals surface area contributed by atoms with Crippen molar-refractivity contribution in [3.8, 4) is 16.9 Å². The van der Waals surface area contributed by atoms with Crippen LogP contribution in [0.4, 0.5) is 23.7 Å². The van der Waals surface area contributed by atoms with E-state index in [9.17, 15) is 18.0 Å². The highest BCUT2D eigenvalue weighted by molar-refractivity contribution is 6.08. The molecule has 1 aromatic heterocycles. The minimum absolute atomic E-state index is 0.299. The molecule has 0 fully saturated rings. The van der Waals surface area contributed by atoms with Crippen LogP contribution < -0.4 is 11.1 Å². The van der Waals surface area contributed by atoms with Gasteiger partial charge < -0.3 is 11.1 Å². The van der Waals surface area contributed by atoms with Gasteiger partial charge in [0.05, 0.1) is 11.4 Å². The van der Waals surface area contributed by atoms with Crippen LogP contribution in [0.2, 0.25) is 0 Å². The van der Waals surface area contributed by atoms with E-state index < -0.39 is 17.9 Å². The first-order valence-corrected chi connectivity index (χ1v) is 10.1. The highest BCUT2D eigenvalue weighted by Gasteiger charge is 2.35. The molecule has 5 aromatic rings. The van der Waals surface area contributed by atoms with Crippen molar-refractivity contribution < 1.29 is 18.0 Å². The molecule has 0 aliphatic heterocycles. The zero-order valence-corrected chi connectivity index (χ0v) is 17.1. The summed E-state index contributed by atoms with van der Waals surface area (Å²) in [5.41, 5.74) is 5.86. The van der Waals surface area contributed by atoms with Gasteiger partial charge >= 0.3 is 12.2 Å². The van der Waals surface area contributed by atoms with Crippen LogP contribution in [0.1, 0.15) is 5.69 Å². The molecule has 33 heavy (non-hydrogen) atoms. The standard InChI is InChI=1S/C25H17F3N4O/c26-25(27,28)23-14-22(32(31-23)19-11-9-18(10-12-19)30-24(29)33)17-8-7-16-6-5-15-3-1-2-4-20(15)21(16)13-17/h1-14H,(H3,29,30,33). The molecule has 0 unspecified atom stereocenters. The molecule has 0 radical (unpaired) electrons. The van der Waals surface area contributed by atoms with Crippen LogP contribution in [-0.2, 0) is 6.18 Å². The van der Waals surface area contributed by atoms with Crippen molar-refractivity contribution in [2.45, 2.75) is 6.18 Å². The summed E-state index contributed by atoms with van der Waals surface area (Å²) in [4.78, 5) is 11.0. The first-order valence-electron chi connectivity index (χ1n) is 10.1. The van der Waals surface area contributed by atoms with E-state index in [1.54, 1.807) is 30.3 Å². The van der Waals surface area contributed by atoms with E-state index in [0.717, 1.165) is 27.6 Å². The third-order valence-electron chi connectivity index (χ3n) is 5.42. The monoisotopic (exact) mass is 446 g/mol. The second-order valence-electron chi connectivity index (χ2n) is 7.58. The maximum atomic E-state index is 13.5. The van der Waals surface area contributed by atoms with Gasteiger partial charge in [-0.15, -0.1) is 0 Å². The minimum Gasteiger partial charge on any atom is -0.351 e. The predicted molar refractivity (Wildman–Crippen MR) is 122 cm³/mol. The number of hydrogen-bond acceptors (Lipinski definition) is 2. The van der Waals surface area contributed by atoms with Crippen LogP contribution in [0, 0.1) is 0 Å². The summed E-state index contributed by atoms with van der Waals surface area (Å²) >= 11 is 0. The number of fused-ring (bicyclic) bond motifs is 3. The SMILES string of the molecule is NC(=O)Nc1ccc(-n2nc(C(F)(F)F)cc2-c2ccc3ccc4ccccc4c3c2)cc1. The number of benzene rings is 4. The van der Waals surface area contributed by atoms with E-state index in [4.69, 9.17) is 5.73 Å². The number of rotatable bonds is 3. The number of primary amides is 1. The predicted octanol–water partition coefficient (Wildman–Crippen LogP) is 6.36. The molecule has 0 bridgehead atoms. The molecule has 8 heteroatoms. The Hall–Kier alpha value is -4.33. The van der Waals surface area contributed by atoms with Gasteiger partial charge in [-0.3, -0.25) is 0 Å². The molecule has 5 rings (SSSR count). The third-order valence-corrected chi connectivity index (χ3v) is 5.42. The van der Waals surface area contributed by atoms with Crippen molar-refractivity contribution in [3.63, 3.8) is 0 Å². The number of carbonyl (C=O) groups excluding carboxylic acids is 1. The van der Waals surface area contributed by atoms with Crippen LogP contribution in [0.5, 0.6) is 0 Å². The van der Waals surface area contributed by atoms with Gasteiger partial charge in [0.1, 0.15) is 0 Å². The summed E-state index contributed by atoms with van der Waals surface area (Å²) in [6.45, 7) is 0. The number of alkyl halides is 3. The topological polar surface area (TPSA) is 72.9 Å². The van der Waals surface area contributed by atoms with Gasteiger partial charge in [-0.1, -0.05) is 48.5 Å². The van der Waals surface area contributed by atoms with Gasteiger partial charge in [-0.25, -0.2) is 9.48 Å². The summed E-state index contributed by atoms with van der Waals surface area (Å²) in [6.07, 6.45) is -4.60.